The smallest absolute Gasteiger partial charge is 0.323 e. The van der Waals surface area contributed by atoms with E-state index in [1.54, 1.807) is 6.20 Å². The van der Waals surface area contributed by atoms with E-state index in [2.05, 4.69) is 11.9 Å². The van der Waals surface area contributed by atoms with Gasteiger partial charge in [0.05, 0.1) is 0 Å². The lowest BCUT2D eigenvalue weighted by atomic mass is 9.79. The first-order valence-corrected chi connectivity index (χ1v) is 9.13. The molecule has 0 spiro atoms. The Labute approximate surface area is 143 Å². The molecule has 24 heavy (non-hydrogen) atoms. The first kappa shape index (κ1) is 16.9. The number of unbranched alkanes of at least 4 members (excludes halogenated alkanes) is 1. The fraction of sp³-hybridized carbons (Fsp3) is 0.632. The Morgan fingerprint density at radius 2 is 2.08 bits per heavy atom. The Balaban J connectivity index is 1.84. The van der Waals surface area contributed by atoms with Crippen molar-refractivity contribution >= 4 is 17.1 Å². The van der Waals surface area contributed by atoms with Gasteiger partial charge in [-0.1, -0.05) is 26.2 Å². The van der Waals surface area contributed by atoms with Crippen LogP contribution in [0.15, 0.2) is 12.3 Å². The number of carboxylic acid groups (broad SMARTS) is 1. The van der Waals surface area contributed by atoms with Crippen LogP contribution < -0.4 is 0 Å². The second-order valence-corrected chi connectivity index (χ2v) is 7.17. The second kappa shape index (κ2) is 7.32. The average Bonchev–Trinajstić information content (AvgIpc) is 2.90. The molecule has 0 aliphatic heterocycles. The molecule has 0 amide bonds. The van der Waals surface area contributed by atoms with Gasteiger partial charge in [-0.25, -0.2) is 9.97 Å². The summed E-state index contributed by atoms with van der Waals surface area (Å²) < 4.78 is 1.81. The predicted octanol–water partition coefficient (Wildman–Crippen LogP) is 4.29. The minimum absolute atomic E-state index is 0.0579. The van der Waals surface area contributed by atoms with Gasteiger partial charge in [0.25, 0.3) is 0 Å². The fourth-order valence-corrected chi connectivity index (χ4v) is 3.93. The Hall–Kier alpha value is -1.91. The number of hydrogen-bond acceptors (Lipinski definition) is 3. The van der Waals surface area contributed by atoms with Crippen molar-refractivity contribution in [2.24, 2.45) is 5.92 Å². The van der Waals surface area contributed by atoms with E-state index >= 15 is 0 Å². The molecule has 2 aromatic rings. The molecule has 0 radical (unpaired) electrons. The van der Waals surface area contributed by atoms with Gasteiger partial charge < -0.3 is 9.67 Å². The third-order valence-electron chi connectivity index (χ3n) is 5.22. The average molecular weight is 329 g/mol. The SMILES string of the molecule is CCCCC1CCC(c2nc3cc(C)cnc3n2CC(=O)O)CC1. The number of fused-ring (bicyclic) bond motifs is 1. The van der Waals surface area contributed by atoms with E-state index in [4.69, 9.17) is 4.98 Å². The summed E-state index contributed by atoms with van der Waals surface area (Å²) in [7, 11) is 0. The number of carbonyl (C=O) groups is 1. The van der Waals surface area contributed by atoms with Crippen molar-refractivity contribution < 1.29 is 9.90 Å². The first-order valence-electron chi connectivity index (χ1n) is 9.13. The molecule has 3 rings (SSSR count). The van der Waals surface area contributed by atoms with Crippen molar-refractivity contribution in [3.05, 3.63) is 23.7 Å². The molecule has 0 unspecified atom stereocenters. The molecule has 0 bridgehead atoms. The number of rotatable bonds is 6. The Morgan fingerprint density at radius 1 is 1.33 bits per heavy atom. The molecule has 1 fully saturated rings. The van der Waals surface area contributed by atoms with E-state index in [1.165, 1.54) is 32.1 Å². The van der Waals surface area contributed by atoms with Gasteiger partial charge in [0.15, 0.2) is 5.65 Å². The second-order valence-electron chi connectivity index (χ2n) is 7.17. The topological polar surface area (TPSA) is 68.0 Å². The van der Waals surface area contributed by atoms with Crippen molar-refractivity contribution in [2.45, 2.75) is 71.3 Å². The maximum Gasteiger partial charge on any atom is 0.323 e. The van der Waals surface area contributed by atoms with Gasteiger partial charge in [0, 0.05) is 12.1 Å². The highest BCUT2D eigenvalue weighted by molar-refractivity contribution is 5.75. The Morgan fingerprint density at radius 3 is 2.75 bits per heavy atom. The summed E-state index contributed by atoms with van der Waals surface area (Å²) in [6.45, 7) is 4.17. The molecule has 1 saturated carbocycles. The van der Waals surface area contributed by atoms with Gasteiger partial charge in [-0.05, 0) is 50.2 Å². The molecule has 1 N–H and O–H groups in total. The van der Waals surface area contributed by atoms with E-state index in [0.29, 0.717) is 11.6 Å². The Kier molecular flexibility index (Phi) is 5.17. The quantitative estimate of drug-likeness (QED) is 0.858. The number of aromatic nitrogens is 3. The molecule has 5 nitrogen and oxygen atoms in total. The normalized spacial score (nSPS) is 21.2. The van der Waals surface area contributed by atoms with E-state index < -0.39 is 5.97 Å². The number of hydrogen-bond donors (Lipinski definition) is 1. The molecule has 0 atom stereocenters. The molecule has 2 aromatic heterocycles. The first-order chi connectivity index (χ1) is 11.6. The summed E-state index contributed by atoms with van der Waals surface area (Å²) in [6.07, 6.45) is 10.4. The fourth-order valence-electron chi connectivity index (χ4n) is 3.93. The highest BCUT2D eigenvalue weighted by Gasteiger charge is 2.27. The molecule has 1 aliphatic rings. The summed E-state index contributed by atoms with van der Waals surface area (Å²) in [5.74, 6) is 1.27. The zero-order valence-electron chi connectivity index (χ0n) is 14.7. The largest absolute Gasteiger partial charge is 0.480 e. The van der Waals surface area contributed by atoms with Gasteiger partial charge in [0.2, 0.25) is 0 Å². The number of carboxylic acids is 1. The van der Waals surface area contributed by atoms with Crippen LogP contribution in [-0.2, 0) is 11.3 Å². The Bertz CT molecular complexity index is 715. The van der Waals surface area contributed by atoms with Crippen molar-refractivity contribution in [2.75, 3.05) is 0 Å². The predicted molar refractivity (Wildman–Crippen MR) is 94.1 cm³/mol. The molecular formula is C19H27N3O2. The summed E-state index contributed by atoms with van der Waals surface area (Å²) in [4.78, 5) is 20.5. The van der Waals surface area contributed by atoms with Crippen LogP contribution in [0.4, 0.5) is 0 Å². The minimum Gasteiger partial charge on any atom is -0.480 e. The number of pyridine rings is 1. The summed E-state index contributed by atoms with van der Waals surface area (Å²) in [5, 5.41) is 9.28. The van der Waals surface area contributed by atoms with Crippen molar-refractivity contribution in [3.63, 3.8) is 0 Å². The standard InChI is InChI=1S/C19H27N3O2/c1-3-4-5-14-6-8-15(9-7-14)18-21-16-10-13(2)11-20-19(16)22(18)12-17(23)24/h10-11,14-15H,3-9,12H2,1-2H3,(H,23,24). The lowest BCUT2D eigenvalue weighted by Crippen LogP contribution is -2.19. The highest BCUT2D eigenvalue weighted by Crippen LogP contribution is 2.38. The molecule has 0 aromatic carbocycles. The van der Waals surface area contributed by atoms with Crippen LogP contribution in [0.1, 0.15) is 69.2 Å². The van der Waals surface area contributed by atoms with E-state index in [-0.39, 0.29) is 6.54 Å². The third kappa shape index (κ3) is 3.60. The number of aryl methyl sites for hydroxylation is 1. The number of nitrogens with zero attached hydrogens (tertiary/aromatic N) is 3. The minimum atomic E-state index is -0.838. The van der Waals surface area contributed by atoms with Gasteiger partial charge >= 0.3 is 5.97 Å². The van der Waals surface area contributed by atoms with Crippen LogP contribution in [0, 0.1) is 12.8 Å². The molecule has 5 heteroatoms. The molecular weight excluding hydrogens is 302 g/mol. The van der Waals surface area contributed by atoms with E-state index in [9.17, 15) is 9.90 Å². The van der Waals surface area contributed by atoms with Crippen molar-refractivity contribution in [3.8, 4) is 0 Å². The summed E-state index contributed by atoms with van der Waals surface area (Å²) in [6, 6.07) is 2.00. The molecule has 1 aliphatic carbocycles. The molecule has 0 saturated heterocycles. The van der Waals surface area contributed by atoms with Gasteiger partial charge in [-0.15, -0.1) is 0 Å². The van der Waals surface area contributed by atoms with Crippen LogP contribution in [0.25, 0.3) is 11.2 Å². The van der Waals surface area contributed by atoms with E-state index in [1.807, 2.05) is 17.6 Å². The number of aliphatic carboxylic acids is 1. The van der Waals surface area contributed by atoms with Crippen LogP contribution in [0.2, 0.25) is 0 Å². The molecule has 130 valence electrons. The van der Waals surface area contributed by atoms with Crippen molar-refractivity contribution in [1.29, 1.82) is 0 Å². The summed E-state index contributed by atoms with van der Waals surface area (Å²) >= 11 is 0. The third-order valence-corrected chi connectivity index (χ3v) is 5.22. The van der Waals surface area contributed by atoms with Crippen LogP contribution >= 0.6 is 0 Å². The molecule has 2 heterocycles. The lowest BCUT2D eigenvalue weighted by Gasteiger charge is -2.28. The zero-order chi connectivity index (χ0) is 17.1. The van der Waals surface area contributed by atoms with Crippen molar-refractivity contribution in [1.82, 2.24) is 14.5 Å². The van der Waals surface area contributed by atoms with E-state index in [0.717, 1.165) is 35.7 Å². The maximum absolute atomic E-state index is 11.3. The zero-order valence-corrected chi connectivity index (χ0v) is 14.7. The van der Waals surface area contributed by atoms with Gasteiger partial charge in [-0.2, -0.15) is 0 Å². The van der Waals surface area contributed by atoms with Crippen LogP contribution in [-0.4, -0.2) is 25.6 Å². The van der Waals surface area contributed by atoms with Crippen LogP contribution in [0.5, 0.6) is 0 Å². The lowest BCUT2D eigenvalue weighted by molar-refractivity contribution is -0.137. The maximum atomic E-state index is 11.3. The monoisotopic (exact) mass is 329 g/mol. The van der Waals surface area contributed by atoms with Crippen LogP contribution in [0.3, 0.4) is 0 Å². The number of imidazole rings is 1. The van der Waals surface area contributed by atoms with Gasteiger partial charge in [0.1, 0.15) is 17.9 Å². The summed E-state index contributed by atoms with van der Waals surface area (Å²) in [5.41, 5.74) is 2.57. The highest BCUT2D eigenvalue weighted by atomic mass is 16.4. The van der Waals surface area contributed by atoms with Gasteiger partial charge in [-0.3, -0.25) is 4.79 Å².